The van der Waals surface area contributed by atoms with Crippen LogP contribution < -0.4 is 9.47 Å². The van der Waals surface area contributed by atoms with E-state index in [2.05, 4.69) is 51.1 Å². The molecule has 0 radical (unpaired) electrons. The summed E-state index contributed by atoms with van der Waals surface area (Å²) >= 11 is 0. The quantitative estimate of drug-likeness (QED) is 0.340. The van der Waals surface area contributed by atoms with Crippen molar-refractivity contribution >= 4 is 11.0 Å². The van der Waals surface area contributed by atoms with Gasteiger partial charge in [0, 0.05) is 57.3 Å². The molecule has 168 valence electrons. The number of furan rings is 1. The van der Waals surface area contributed by atoms with Gasteiger partial charge in [-0.05, 0) is 23.1 Å². The van der Waals surface area contributed by atoms with E-state index in [-0.39, 0.29) is 5.41 Å². The molecule has 31 heavy (non-hydrogen) atoms. The predicted molar refractivity (Wildman–Crippen MR) is 124 cm³/mol. The highest BCUT2D eigenvalue weighted by atomic mass is 16.5. The van der Waals surface area contributed by atoms with Crippen LogP contribution in [0.1, 0.15) is 39.2 Å². The minimum atomic E-state index is 0.122. The van der Waals surface area contributed by atoms with Crippen molar-refractivity contribution in [2.75, 3.05) is 40.6 Å². The molecule has 0 spiro atoms. The normalized spacial score (nSPS) is 11.8. The topological polar surface area (TPSA) is 50.1 Å². The molecule has 1 aromatic heterocycles. The van der Waals surface area contributed by atoms with E-state index in [1.807, 2.05) is 12.1 Å². The monoisotopic (exact) mass is 426 g/mol. The largest absolute Gasteiger partial charge is 0.490 e. The van der Waals surface area contributed by atoms with Gasteiger partial charge in [0.1, 0.15) is 11.3 Å². The lowest BCUT2D eigenvalue weighted by molar-refractivity contribution is 0.163. The zero-order valence-electron chi connectivity index (χ0n) is 19.3. The fraction of sp³-hybridized carbons (Fsp3) is 0.462. The molecule has 0 aliphatic carbocycles. The molecule has 2 aromatic carbocycles. The smallest absolute Gasteiger partial charge is 0.164 e. The third-order valence-electron chi connectivity index (χ3n) is 5.12. The van der Waals surface area contributed by atoms with Crippen LogP contribution in [-0.4, -0.2) is 40.6 Å². The summed E-state index contributed by atoms with van der Waals surface area (Å²) in [7, 11) is 3.38. The van der Waals surface area contributed by atoms with Gasteiger partial charge in [0.15, 0.2) is 11.5 Å². The zero-order chi connectivity index (χ0) is 22.3. The van der Waals surface area contributed by atoms with Crippen LogP contribution in [0.5, 0.6) is 11.5 Å². The summed E-state index contributed by atoms with van der Waals surface area (Å²) < 4.78 is 28.4. The Kier molecular flexibility index (Phi) is 7.99. The number of methoxy groups -OCH3 is 2. The minimum Gasteiger partial charge on any atom is -0.490 e. The van der Waals surface area contributed by atoms with Gasteiger partial charge in [0.2, 0.25) is 0 Å². The molecule has 0 saturated carbocycles. The van der Waals surface area contributed by atoms with Crippen LogP contribution in [0, 0.1) is 0 Å². The Bertz CT molecular complexity index is 901. The first-order valence-corrected chi connectivity index (χ1v) is 10.8. The molecular weight excluding hydrogens is 392 g/mol. The van der Waals surface area contributed by atoms with Gasteiger partial charge < -0.3 is 23.4 Å². The number of ether oxygens (including phenoxy) is 4. The summed E-state index contributed by atoms with van der Waals surface area (Å²) in [4.78, 5) is 0. The van der Waals surface area contributed by atoms with Crippen LogP contribution in [0.4, 0.5) is 0 Å². The number of hydrogen-bond donors (Lipinski definition) is 0. The summed E-state index contributed by atoms with van der Waals surface area (Å²) in [5.41, 5.74) is 3.25. The third kappa shape index (κ3) is 6.25. The van der Waals surface area contributed by atoms with Gasteiger partial charge in [-0.15, -0.1) is 0 Å². The fourth-order valence-corrected chi connectivity index (χ4v) is 3.32. The van der Waals surface area contributed by atoms with Crippen LogP contribution >= 0.6 is 0 Å². The van der Waals surface area contributed by atoms with Gasteiger partial charge in [-0.25, -0.2) is 0 Å². The lowest BCUT2D eigenvalue weighted by Crippen LogP contribution is -2.10. The van der Waals surface area contributed by atoms with E-state index in [0.29, 0.717) is 32.2 Å². The van der Waals surface area contributed by atoms with Crippen LogP contribution in [0.2, 0.25) is 0 Å². The summed E-state index contributed by atoms with van der Waals surface area (Å²) in [5, 5.41) is 0.987. The molecule has 0 atom stereocenters. The molecule has 0 N–H and O–H groups in total. The van der Waals surface area contributed by atoms with E-state index < -0.39 is 0 Å². The van der Waals surface area contributed by atoms with Crippen LogP contribution in [0.15, 0.2) is 46.9 Å². The molecule has 0 aliphatic heterocycles. The van der Waals surface area contributed by atoms with Gasteiger partial charge in [-0.3, -0.25) is 0 Å². The van der Waals surface area contributed by atoms with E-state index in [1.165, 1.54) is 5.56 Å². The molecule has 0 bridgehead atoms. The molecule has 0 unspecified atom stereocenters. The van der Waals surface area contributed by atoms with Crippen molar-refractivity contribution in [3.63, 3.8) is 0 Å². The predicted octanol–water partition coefficient (Wildman–Crippen LogP) is 6.23. The first kappa shape index (κ1) is 23.2. The van der Waals surface area contributed by atoms with Gasteiger partial charge in [-0.2, -0.15) is 0 Å². The maximum Gasteiger partial charge on any atom is 0.164 e. The molecule has 1 heterocycles. The lowest BCUT2D eigenvalue weighted by Gasteiger charge is -2.18. The summed E-state index contributed by atoms with van der Waals surface area (Å²) in [5.74, 6) is 2.23. The summed E-state index contributed by atoms with van der Waals surface area (Å²) in [6.07, 6.45) is 1.62. The van der Waals surface area contributed by atoms with Crippen LogP contribution in [-0.2, 0) is 14.9 Å². The molecule has 0 amide bonds. The Morgan fingerprint density at radius 1 is 0.742 bits per heavy atom. The summed E-state index contributed by atoms with van der Waals surface area (Å²) in [6.45, 7) is 9.07. The maximum absolute atomic E-state index is 6.17. The number of rotatable bonds is 11. The fourth-order valence-electron chi connectivity index (χ4n) is 3.32. The van der Waals surface area contributed by atoms with Crippen molar-refractivity contribution in [3.8, 4) is 22.8 Å². The van der Waals surface area contributed by atoms with Gasteiger partial charge in [-0.1, -0.05) is 45.0 Å². The number of fused-ring (bicyclic) bond motifs is 1. The second-order valence-corrected chi connectivity index (χ2v) is 8.66. The Balaban J connectivity index is 1.85. The highest BCUT2D eigenvalue weighted by molar-refractivity contribution is 5.86. The van der Waals surface area contributed by atoms with E-state index in [0.717, 1.165) is 40.9 Å². The van der Waals surface area contributed by atoms with E-state index in [4.69, 9.17) is 23.4 Å². The number of benzene rings is 2. The molecular formula is C26H34O5. The Morgan fingerprint density at radius 2 is 1.32 bits per heavy atom. The van der Waals surface area contributed by atoms with Crippen LogP contribution in [0.3, 0.4) is 0 Å². The lowest BCUT2D eigenvalue weighted by atomic mass is 9.86. The van der Waals surface area contributed by atoms with Crippen LogP contribution in [0.25, 0.3) is 22.3 Å². The van der Waals surface area contributed by atoms with E-state index in [1.54, 1.807) is 14.2 Å². The van der Waals surface area contributed by atoms with Crippen molar-refractivity contribution in [2.45, 2.75) is 39.0 Å². The third-order valence-corrected chi connectivity index (χ3v) is 5.12. The molecule has 3 aromatic rings. The summed E-state index contributed by atoms with van der Waals surface area (Å²) in [6, 6.07) is 14.5. The van der Waals surface area contributed by atoms with Gasteiger partial charge >= 0.3 is 0 Å². The first-order chi connectivity index (χ1) is 14.9. The van der Waals surface area contributed by atoms with Gasteiger partial charge in [0.05, 0.1) is 13.2 Å². The van der Waals surface area contributed by atoms with Crippen molar-refractivity contribution in [3.05, 3.63) is 48.0 Å². The van der Waals surface area contributed by atoms with Crippen molar-refractivity contribution in [1.82, 2.24) is 0 Å². The minimum absolute atomic E-state index is 0.122. The molecule has 0 saturated heterocycles. The first-order valence-electron chi connectivity index (χ1n) is 10.8. The van der Waals surface area contributed by atoms with Crippen molar-refractivity contribution < 1.29 is 23.4 Å². The highest BCUT2D eigenvalue weighted by Crippen LogP contribution is 2.37. The Morgan fingerprint density at radius 3 is 1.87 bits per heavy atom. The molecule has 5 heteroatoms. The average Bonchev–Trinajstić information content (AvgIpc) is 3.16. The highest BCUT2D eigenvalue weighted by Gasteiger charge is 2.16. The molecule has 0 aliphatic rings. The second-order valence-electron chi connectivity index (χ2n) is 8.66. The second kappa shape index (κ2) is 10.7. The SMILES string of the molecule is COCCCOc1cc2cc(-c3ccc(C(C)(C)C)cc3)oc2cc1OCCCOC. The van der Waals surface area contributed by atoms with Gasteiger partial charge in [0.25, 0.3) is 0 Å². The van der Waals surface area contributed by atoms with Crippen molar-refractivity contribution in [1.29, 1.82) is 0 Å². The maximum atomic E-state index is 6.17. The Hall–Kier alpha value is -2.50. The standard InChI is InChI=1S/C26H34O5/c1-26(2,3)21-10-8-19(9-11-21)22-16-20-17-24(29-14-6-12-27-4)25(18-23(20)31-22)30-15-7-13-28-5/h8-11,16-18H,6-7,12-15H2,1-5H3. The average molecular weight is 427 g/mol. The molecule has 5 nitrogen and oxygen atoms in total. The van der Waals surface area contributed by atoms with E-state index >= 15 is 0 Å². The van der Waals surface area contributed by atoms with Crippen molar-refractivity contribution in [2.24, 2.45) is 0 Å². The number of hydrogen-bond acceptors (Lipinski definition) is 5. The zero-order valence-corrected chi connectivity index (χ0v) is 19.3. The molecule has 3 rings (SSSR count). The Labute approximate surface area is 185 Å². The van der Waals surface area contributed by atoms with E-state index in [9.17, 15) is 0 Å². The molecule has 0 fully saturated rings.